The largest absolute Gasteiger partial charge is 0.490 e. The van der Waals surface area contributed by atoms with Gasteiger partial charge in [-0.2, -0.15) is 0 Å². The van der Waals surface area contributed by atoms with Crippen LogP contribution in [0.4, 0.5) is 0 Å². The molecular weight excluding hydrogens is 264 g/mol. The third-order valence-corrected chi connectivity index (χ3v) is 3.21. The lowest BCUT2D eigenvalue weighted by molar-refractivity contribution is 0.154. The molecule has 21 heavy (non-hydrogen) atoms. The maximum atomic E-state index is 10.1. The van der Waals surface area contributed by atoms with Crippen LogP contribution in [0.5, 0.6) is 11.5 Å². The van der Waals surface area contributed by atoms with Crippen molar-refractivity contribution in [3.63, 3.8) is 0 Å². The van der Waals surface area contributed by atoms with E-state index in [-0.39, 0.29) is 0 Å². The standard InChI is InChI=1S/C18H22O3/c1-2-20-17-12-6-7-13-18(17)21-14-8-11-16(19)15-9-4-3-5-10-15/h3-7,9-10,12-13,16,19H,2,8,11,14H2,1H3. The van der Waals surface area contributed by atoms with E-state index in [9.17, 15) is 5.11 Å². The van der Waals surface area contributed by atoms with Crippen molar-refractivity contribution in [2.75, 3.05) is 13.2 Å². The number of ether oxygens (including phenoxy) is 2. The van der Waals surface area contributed by atoms with Crippen LogP contribution < -0.4 is 9.47 Å². The van der Waals surface area contributed by atoms with Crippen molar-refractivity contribution in [2.24, 2.45) is 0 Å². The van der Waals surface area contributed by atoms with Crippen LogP contribution in [0.1, 0.15) is 31.4 Å². The van der Waals surface area contributed by atoms with Gasteiger partial charge in [-0.1, -0.05) is 42.5 Å². The minimum absolute atomic E-state index is 0.433. The Morgan fingerprint density at radius 3 is 2.19 bits per heavy atom. The van der Waals surface area contributed by atoms with E-state index in [1.165, 1.54) is 0 Å². The molecule has 0 aliphatic carbocycles. The minimum Gasteiger partial charge on any atom is -0.490 e. The summed E-state index contributed by atoms with van der Waals surface area (Å²) < 4.78 is 11.2. The molecule has 0 aliphatic rings. The number of aliphatic hydroxyl groups excluding tert-OH is 1. The zero-order valence-electron chi connectivity index (χ0n) is 12.4. The molecule has 2 rings (SSSR count). The fraction of sp³-hybridized carbons (Fsp3) is 0.333. The summed E-state index contributed by atoms with van der Waals surface area (Å²) in [6.45, 7) is 3.13. The molecule has 1 atom stereocenters. The van der Waals surface area contributed by atoms with Crippen molar-refractivity contribution >= 4 is 0 Å². The van der Waals surface area contributed by atoms with E-state index in [0.29, 0.717) is 19.6 Å². The van der Waals surface area contributed by atoms with Gasteiger partial charge in [-0.05, 0) is 37.5 Å². The first-order valence-corrected chi connectivity index (χ1v) is 7.39. The van der Waals surface area contributed by atoms with Gasteiger partial charge in [0, 0.05) is 0 Å². The van der Waals surface area contributed by atoms with E-state index < -0.39 is 6.10 Å². The van der Waals surface area contributed by atoms with Crippen LogP contribution in [-0.2, 0) is 0 Å². The summed E-state index contributed by atoms with van der Waals surface area (Å²) in [7, 11) is 0. The van der Waals surface area contributed by atoms with Gasteiger partial charge in [0.05, 0.1) is 19.3 Å². The van der Waals surface area contributed by atoms with Crippen molar-refractivity contribution in [2.45, 2.75) is 25.9 Å². The normalized spacial score (nSPS) is 11.9. The fourth-order valence-corrected chi connectivity index (χ4v) is 2.14. The summed E-state index contributed by atoms with van der Waals surface area (Å²) in [6, 6.07) is 17.4. The molecule has 0 heterocycles. The van der Waals surface area contributed by atoms with Gasteiger partial charge >= 0.3 is 0 Å². The minimum atomic E-state index is -0.433. The molecule has 2 aromatic rings. The molecular formula is C18H22O3. The Labute approximate surface area is 126 Å². The summed E-state index contributed by atoms with van der Waals surface area (Å²) >= 11 is 0. The highest BCUT2D eigenvalue weighted by Crippen LogP contribution is 2.27. The fourth-order valence-electron chi connectivity index (χ4n) is 2.14. The van der Waals surface area contributed by atoms with Gasteiger partial charge in [-0.25, -0.2) is 0 Å². The molecule has 1 unspecified atom stereocenters. The van der Waals surface area contributed by atoms with Gasteiger partial charge in [-0.15, -0.1) is 0 Å². The molecule has 3 nitrogen and oxygen atoms in total. The third-order valence-electron chi connectivity index (χ3n) is 3.21. The number of benzene rings is 2. The molecule has 0 bridgehead atoms. The van der Waals surface area contributed by atoms with Crippen LogP contribution in [-0.4, -0.2) is 18.3 Å². The van der Waals surface area contributed by atoms with E-state index >= 15 is 0 Å². The molecule has 2 aromatic carbocycles. The molecule has 1 N–H and O–H groups in total. The van der Waals surface area contributed by atoms with Gasteiger partial charge in [0.2, 0.25) is 0 Å². The van der Waals surface area contributed by atoms with Gasteiger partial charge in [0.25, 0.3) is 0 Å². The van der Waals surface area contributed by atoms with Crippen LogP contribution in [0.25, 0.3) is 0 Å². The molecule has 0 aliphatic heterocycles. The van der Waals surface area contributed by atoms with Gasteiger partial charge in [0.1, 0.15) is 0 Å². The second-order valence-corrected chi connectivity index (χ2v) is 4.80. The summed E-state index contributed by atoms with van der Waals surface area (Å²) in [5, 5.41) is 10.1. The smallest absolute Gasteiger partial charge is 0.161 e. The van der Waals surface area contributed by atoms with E-state index in [4.69, 9.17) is 9.47 Å². The van der Waals surface area contributed by atoms with Gasteiger partial charge in [-0.3, -0.25) is 0 Å². The first-order valence-electron chi connectivity index (χ1n) is 7.39. The van der Waals surface area contributed by atoms with Crippen LogP contribution in [0.3, 0.4) is 0 Å². The van der Waals surface area contributed by atoms with E-state index in [0.717, 1.165) is 23.5 Å². The van der Waals surface area contributed by atoms with Crippen molar-refractivity contribution in [3.8, 4) is 11.5 Å². The molecule has 0 saturated heterocycles. The SMILES string of the molecule is CCOc1ccccc1OCCCC(O)c1ccccc1. The Balaban J connectivity index is 1.77. The maximum absolute atomic E-state index is 10.1. The lowest BCUT2D eigenvalue weighted by atomic mass is 10.1. The predicted molar refractivity (Wildman–Crippen MR) is 83.7 cm³/mol. The summed E-state index contributed by atoms with van der Waals surface area (Å²) in [4.78, 5) is 0. The zero-order chi connectivity index (χ0) is 14.9. The van der Waals surface area contributed by atoms with E-state index in [1.54, 1.807) is 0 Å². The number of para-hydroxylation sites is 2. The summed E-state index contributed by atoms with van der Waals surface area (Å²) in [5.74, 6) is 1.53. The highest BCUT2D eigenvalue weighted by Gasteiger charge is 2.07. The monoisotopic (exact) mass is 286 g/mol. The number of aliphatic hydroxyl groups is 1. The van der Waals surface area contributed by atoms with E-state index in [2.05, 4.69) is 0 Å². The average Bonchev–Trinajstić information content (AvgIpc) is 2.54. The van der Waals surface area contributed by atoms with Crippen molar-refractivity contribution < 1.29 is 14.6 Å². The molecule has 0 amide bonds. The van der Waals surface area contributed by atoms with Crippen LogP contribution in [0, 0.1) is 0 Å². The van der Waals surface area contributed by atoms with Gasteiger partial charge in [0.15, 0.2) is 11.5 Å². The topological polar surface area (TPSA) is 38.7 Å². The zero-order valence-corrected chi connectivity index (χ0v) is 12.4. The van der Waals surface area contributed by atoms with Crippen molar-refractivity contribution in [1.29, 1.82) is 0 Å². The number of hydrogen-bond donors (Lipinski definition) is 1. The summed E-state index contributed by atoms with van der Waals surface area (Å²) in [5.41, 5.74) is 0.951. The second-order valence-electron chi connectivity index (χ2n) is 4.80. The Morgan fingerprint density at radius 2 is 1.52 bits per heavy atom. The molecule has 112 valence electrons. The Hall–Kier alpha value is -2.00. The predicted octanol–water partition coefficient (Wildman–Crippen LogP) is 3.98. The van der Waals surface area contributed by atoms with Crippen LogP contribution in [0.15, 0.2) is 54.6 Å². The van der Waals surface area contributed by atoms with Gasteiger partial charge < -0.3 is 14.6 Å². The first-order chi connectivity index (χ1) is 10.3. The lowest BCUT2D eigenvalue weighted by Gasteiger charge is -2.13. The molecule has 0 aromatic heterocycles. The average molecular weight is 286 g/mol. The van der Waals surface area contributed by atoms with Crippen molar-refractivity contribution in [1.82, 2.24) is 0 Å². The highest BCUT2D eigenvalue weighted by atomic mass is 16.5. The Bertz CT molecular complexity index is 525. The molecule has 0 saturated carbocycles. The Morgan fingerprint density at radius 1 is 0.905 bits per heavy atom. The van der Waals surface area contributed by atoms with Crippen molar-refractivity contribution in [3.05, 3.63) is 60.2 Å². The number of rotatable bonds is 8. The maximum Gasteiger partial charge on any atom is 0.161 e. The van der Waals surface area contributed by atoms with Crippen LogP contribution >= 0.6 is 0 Å². The summed E-state index contributed by atoms with van der Waals surface area (Å²) in [6.07, 6.45) is 1.04. The second kappa shape index (κ2) is 8.32. The quantitative estimate of drug-likeness (QED) is 0.746. The molecule has 0 spiro atoms. The highest BCUT2D eigenvalue weighted by molar-refractivity contribution is 5.39. The first kappa shape index (κ1) is 15.4. The number of hydrogen-bond acceptors (Lipinski definition) is 3. The molecule has 0 radical (unpaired) electrons. The molecule has 0 fully saturated rings. The Kier molecular flexibility index (Phi) is 6.10. The van der Waals surface area contributed by atoms with Crippen LogP contribution in [0.2, 0.25) is 0 Å². The third kappa shape index (κ3) is 4.80. The van der Waals surface area contributed by atoms with E-state index in [1.807, 2.05) is 61.5 Å². The molecule has 3 heteroatoms. The lowest BCUT2D eigenvalue weighted by Crippen LogP contribution is -2.04.